The highest BCUT2D eigenvalue weighted by atomic mass is 19.4. The van der Waals surface area contributed by atoms with Gasteiger partial charge in [-0.15, -0.1) is 0 Å². The van der Waals surface area contributed by atoms with Crippen molar-refractivity contribution < 1.29 is 13.2 Å². The van der Waals surface area contributed by atoms with Gasteiger partial charge in [0.1, 0.15) is 5.52 Å². The predicted octanol–water partition coefficient (Wildman–Crippen LogP) is 2.66. The van der Waals surface area contributed by atoms with Gasteiger partial charge >= 0.3 is 6.18 Å². The summed E-state index contributed by atoms with van der Waals surface area (Å²) in [6, 6.07) is 0. The van der Waals surface area contributed by atoms with E-state index in [1.54, 1.807) is 0 Å². The topological polar surface area (TPSA) is 69.7 Å². The van der Waals surface area contributed by atoms with Crippen LogP contribution in [0.1, 0.15) is 31.5 Å². The van der Waals surface area contributed by atoms with Crippen molar-refractivity contribution in [3.8, 4) is 0 Å². The molecule has 2 N–H and O–H groups in total. The number of H-pyrrole nitrogens is 1. The fraction of sp³-hybridized carbons (Fsp3) is 0.643. The van der Waals surface area contributed by atoms with Crippen LogP contribution in [-0.2, 0) is 6.18 Å². The molecule has 0 aliphatic carbocycles. The summed E-state index contributed by atoms with van der Waals surface area (Å²) >= 11 is 0. The van der Waals surface area contributed by atoms with Gasteiger partial charge in [0.05, 0.1) is 6.33 Å². The molecule has 0 bridgehead atoms. The molecule has 23 heavy (non-hydrogen) atoms. The van der Waals surface area contributed by atoms with Crippen LogP contribution in [0.15, 0.2) is 6.33 Å². The second-order valence-electron chi connectivity index (χ2n) is 5.68. The number of hydrogen-bond donors (Lipinski definition) is 2. The van der Waals surface area contributed by atoms with Crippen LogP contribution < -0.4 is 5.32 Å². The molecule has 0 unspecified atom stereocenters. The minimum atomic E-state index is -4.59. The molecular weight excluding hydrogens is 309 g/mol. The maximum Gasteiger partial charge on any atom is 0.451 e. The van der Waals surface area contributed by atoms with Crippen molar-refractivity contribution in [2.24, 2.45) is 0 Å². The molecule has 1 fully saturated rings. The Balaban J connectivity index is 1.70. The number of nitrogens with one attached hydrogen (secondary N) is 2. The maximum absolute atomic E-state index is 12.9. The van der Waals surface area contributed by atoms with Crippen LogP contribution in [-0.4, -0.2) is 51.0 Å². The molecule has 1 aliphatic rings. The highest BCUT2D eigenvalue weighted by molar-refractivity contribution is 5.82. The Morgan fingerprint density at radius 2 is 1.87 bits per heavy atom. The Morgan fingerprint density at radius 1 is 1.13 bits per heavy atom. The number of halogens is 3. The van der Waals surface area contributed by atoms with Crippen LogP contribution in [0.25, 0.3) is 11.2 Å². The Hall–Kier alpha value is -1.90. The quantitative estimate of drug-likeness (QED) is 0.903. The molecule has 0 aromatic carbocycles. The Kier molecular flexibility index (Phi) is 4.65. The number of fused-ring (bicyclic) bond motifs is 1. The zero-order valence-electron chi connectivity index (χ0n) is 12.7. The zero-order valence-corrected chi connectivity index (χ0v) is 12.7. The minimum Gasteiger partial charge on any atom is -0.367 e. The average molecular weight is 328 g/mol. The van der Waals surface area contributed by atoms with Crippen molar-refractivity contribution in [1.29, 1.82) is 0 Å². The molecule has 3 heterocycles. The van der Waals surface area contributed by atoms with Gasteiger partial charge in [-0.25, -0.2) is 15.0 Å². The van der Waals surface area contributed by atoms with Gasteiger partial charge in [-0.2, -0.15) is 13.2 Å². The molecule has 0 radical (unpaired) electrons. The Bertz CT molecular complexity index is 645. The fourth-order valence-electron chi connectivity index (χ4n) is 2.78. The second-order valence-corrected chi connectivity index (χ2v) is 5.68. The van der Waals surface area contributed by atoms with Crippen LogP contribution in [0.5, 0.6) is 0 Å². The molecule has 126 valence electrons. The third-order valence-electron chi connectivity index (χ3n) is 3.96. The fourth-order valence-corrected chi connectivity index (χ4v) is 2.78. The Labute approximate surface area is 131 Å². The molecule has 2 aromatic heterocycles. The first kappa shape index (κ1) is 16.0. The Morgan fingerprint density at radius 3 is 2.57 bits per heavy atom. The molecular formula is C14H19F3N6. The lowest BCUT2D eigenvalue weighted by Crippen LogP contribution is -2.30. The van der Waals surface area contributed by atoms with E-state index < -0.39 is 12.0 Å². The molecule has 1 aliphatic heterocycles. The first-order chi connectivity index (χ1) is 11.0. The summed E-state index contributed by atoms with van der Waals surface area (Å²) in [6.07, 6.45) is 1.58. The van der Waals surface area contributed by atoms with E-state index in [0.717, 1.165) is 19.6 Å². The summed E-state index contributed by atoms with van der Waals surface area (Å²) in [5.74, 6) is -1.02. The van der Waals surface area contributed by atoms with E-state index in [1.807, 2.05) is 0 Å². The summed E-state index contributed by atoms with van der Waals surface area (Å²) in [6.45, 7) is 3.39. The van der Waals surface area contributed by atoms with E-state index in [9.17, 15) is 13.2 Å². The number of nitrogens with zero attached hydrogens (tertiary/aromatic N) is 4. The van der Waals surface area contributed by atoms with E-state index in [0.29, 0.717) is 12.1 Å². The molecule has 9 heteroatoms. The maximum atomic E-state index is 12.9. The number of imidazole rings is 1. The minimum absolute atomic E-state index is 0.0181. The van der Waals surface area contributed by atoms with Gasteiger partial charge in [0.15, 0.2) is 11.5 Å². The van der Waals surface area contributed by atoms with Crippen molar-refractivity contribution in [2.75, 3.05) is 31.5 Å². The number of alkyl halides is 3. The number of hydrogen-bond acceptors (Lipinski definition) is 5. The van der Waals surface area contributed by atoms with Gasteiger partial charge in [-0.05, 0) is 25.9 Å². The van der Waals surface area contributed by atoms with E-state index in [2.05, 4.69) is 30.2 Å². The van der Waals surface area contributed by atoms with Gasteiger partial charge in [0.25, 0.3) is 0 Å². The summed E-state index contributed by atoms with van der Waals surface area (Å²) in [5.41, 5.74) is 0.415. The van der Waals surface area contributed by atoms with E-state index in [1.165, 1.54) is 32.0 Å². The first-order valence-corrected chi connectivity index (χ1v) is 7.78. The molecule has 0 saturated carbocycles. The van der Waals surface area contributed by atoms with Crippen molar-refractivity contribution in [3.63, 3.8) is 0 Å². The van der Waals surface area contributed by atoms with Crippen LogP contribution in [0.3, 0.4) is 0 Å². The predicted molar refractivity (Wildman–Crippen MR) is 80.1 cm³/mol. The number of likely N-dealkylation sites (tertiary alicyclic amines) is 1. The van der Waals surface area contributed by atoms with Gasteiger partial charge < -0.3 is 15.2 Å². The highest BCUT2D eigenvalue weighted by Crippen LogP contribution is 2.29. The van der Waals surface area contributed by atoms with Crippen molar-refractivity contribution >= 4 is 17.0 Å². The third-order valence-corrected chi connectivity index (χ3v) is 3.96. The molecule has 6 nitrogen and oxygen atoms in total. The first-order valence-electron chi connectivity index (χ1n) is 7.78. The van der Waals surface area contributed by atoms with E-state index >= 15 is 0 Å². The van der Waals surface area contributed by atoms with Gasteiger partial charge in [-0.1, -0.05) is 12.8 Å². The van der Waals surface area contributed by atoms with Crippen molar-refractivity contribution in [2.45, 2.75) is 31.9 Å². The number of anilines is 1. The molecule has 0 amide bonds. The summed E-state index contributed by atoms with van der Waals surface area (Å²) in [4.78, 5) is 16.0. The van der Waals surface area contributed by atoms with Crippen LogP contribution in [0.2, 0.25) is 0 Å². The van der Waals surface area contributed by atoms with Crippen LogP contribution in [0, 0.1) is 0 Å². The summed E-state index contributed by atoms with van der Waals surface area (Å²) in [7, 11) is 0. The van der Waals surface area contributed by atoms with Crippen molar-refractivity contribution in [1.82, 2.24) is 24.8 Å². The van der Waals surface area contributed by atoms with Gasteiger partial charge in [-0.3, -0.25) is 0 Å². The van der Waals surface area contributed by atoms with Crippen LogP contribution in [0.4, 0.5) is 19.0 Å². The van der Waals surface area contributed by atoms with Gasteiger partial charge in [0, 0.05) is 13.1 Å². The SMILES string of the molecule is FC(F)(F)c1nc(NCCN2CCCCCC2)c2[nH]cnc2n1. The molecule has 1 saturated heterocycles. The largest absolute Gasteiger partial charge is 0.451 e. The molecule has 0 spiro atoms. The van der Waals surface area contributed by atoms with Crippen molar-refractivity contribution in [3.05, 3.63) is 12.2 Å². The zero-order chi connectivity index (χ0) is 16.3. The number of aromatic amines is 1. The lowest BCUT2D eigenvalue weighted by molar-refractivity contribution is -0.144. The standard InChI is InChI=1S/C14H19F3N6/c15-14(16,17)13-21-11(10-12(22-13)20-9-19-10)18-5-8-23-6-3-1-2-4-7-23/h9H,1-8H2,(H2,18,19,20,21,22). The lowest BCUT2D eigenvalue weighted by Gasteiger charge is -2.20. The molecule has 0 atom stereocenters. The smallest absolute Gasteiger partial charge is 0.367 e. The average Bonchev–Trinajstić information content (AvgIpc) is 2.83. The lowest BCUT2D eigenvalue weighted by atomic mass is 10.2. The van der Waals surface area contributed by atoms with Gasteiger partial charge in [0.2, 0.25) is 5.82 Å². The normalized spacial score (nSPS) is 17.3. The number of rotatable bonds is 4. The summed E-state index contributed by atoms with van der Waals surface area (Å²) < 4.78 is 38.6. The van der Waals surface area contributed by atoms with E-state index in [-0.39, 0.29) is 11.5 Å². The second kappa shape index (κ2) is 6.69. The molecule has 2 aromatic rings. The van der Waals surface area contributed by atoms with Crippen LogP contribution >= 0.6 is 0 Å². The summed E-state index contributed by atoms with van der Waals surface area (Å²) in [5, 5.41) is 2.99. The number of aromatic nitrogens is 4. The third kappa shape index (κ3) is 3.90. The monoisotopic (exact) mass is 328 g/mol. The van der Waals surface area contributed by atoms with E-state index in [4.69, 9.17) is 0 Å². The molecule has 3 rings (SSSR count). The highest BCUT2D eigenvalue weighted by Gasteiger charge is 2.36.